The van der Waals surface area contributed by atoms with Crippen LogP contribution in [0.4, 0.5) is 0 Å². The van der Waals surface area contributed by atoms with E-state index in [1.807, 2.05) is 85.2 Å². The van der Waals surface area contributed by atoms with Crippen LogP contribution in [0.3, 0.4) is 0 Å². The molecule has 2 aromatic heterocycles. The highest BCUT2D eigenvalue weighted by Gasteiger charge is 2.32. The molecule has 0 fully saturated rings. The van der Waals surface area contributed by atoms with E-state index >= 15 is 0 Å². The molecule has 0 radical (unpaired) electrons. The largest absolute Gasteiger partial charge is 0.872 e. The van der Waals surface area contributed by atoms with Gasteiger partial charge in [-0.15, -0.1) is 5.76 Å². The standard InChI is InChI=1S/C31H25ClN2O2/c1-36-26-10-7-9-24(20-26)27(21-30(35)23-12-15-25(32)16-13-23)31(34-18-5-2-6-19-34)29-17-14-22-8-3-4-11-28(22)33-29/h2-21,27,31H,1H3/b30-21-. The molecule has 0 aliphatic carbocycles. The summed E-state index contributed by atoms with van der Waals surface area (Å²) in [6.45, 7) is 0. The van der Waals surface area contributed by atoms with Crippen molar-refractivity contribution in [1.82, 2.24) is 4.98 Å². The molecule has 0 bridgehead atoms. The molecule has 0 aliphatic heterocycles. The second kappa shape index (κ2) is 10.6. The van der Waals surface area contributed by atoms with Crippen LogP contribution >= 0.6 is 11.6 Å². The van der Waals surface area contributed by atoms with E-state index in [9.17, 15) is 5.11 Å². The Labute approximate surface area is 215 Å². The summed E-state index contributed by atoms with van der Waals surface area (Å²) in [5, 5.41) is 15.2. The summed E-state index contributed by atoms with van der Waals surface area (Å²) in [6, 6.07) is 32.7. The fraction of sp³-hybridized carbons (Fsp3) is 0.0968. The molecule has 5 rings (SSSR count). The normalized spacial score (nSPS) is 13.3. The molecule has 4 nitrogen and oxygen atoms in total. The molecule has 3 aromatic carbocycles. The number of aromatic nitrogens is 2. The van der Waals surface area contributed by atoms with E-state index in [-0.39, 0.29) is 17.7 Å². The van der Waals surface area contributed by atoms with Crippen LogP contribution in [-0.2, 0) is 0 Å². The summed E-state index contributed by atoms with van der Waals surface area (Å²) in [6.07, 6.45) is 5.80. The first-order chi connectivity index (χ1) is 17.6. The third-order valence-electron chi connectivity index (χ3n) is 6.26. The number of pyridine rings is 2. The third kappa shape index (κ3) is 5.09. The second-order valence-corrected chi connectivity index (χ2v) is 8.97. The van der Waals surface area contributed by atoms with Gasteiger partial charge in [-0.05, 0) is 47.5 Å². The lowest BCUT2D eigenvalue weighted by atomic mass is 9.87. The van der Waals surface area contributed by atoms with Crippen LogP contribution in [0, 0.1) is 0 Å². The van der Waals surface area contributed by atoms with Crippen molar-refractivity contribution in [3.63, 3.8) is 0 Å². The quantitative estimate of drug-likeness (QED) is 0.208. The van der Waals surface area contributed by atoms with Crippen molar-refractivity contribution in [2.45, 2.75) is 12.0 Å². The van der Waals surface area contributed by atoms with Crippen LogP contribution in [-0.4, -0.2) is 12.1 Å². The zero-order valence-corrected chi connectivity index (χ0v) is 20.5. The Morgan fingerprint density at radius 1 is 0.889 bits per heavy atom. The Balaban J connectivity index is 1.72. The third-order valence-corrected chi connectivity index (χ3v) is 6.51. The molecule has 2 atom stereocenters. The van der Waals surface area contributed by atoms with Crippen molar-refractivity contribution < 1.29 is 14.4 Å². The van der Waals surface area contributed by atoms with Crippen molar-refractivity contribution in [2.24, 2.45) is 0 Å². The van der Waals surface area contributed by atoms with E-state index in [0.717, 1.165) is 27.9 Å². The van der Waals surface area contributed by atoms with Crippen LogP contribution in [0.25, 0.3) is 16.7 Å². The van der Waals surface area contributed by atoms with Gasteiger partial charge in [-0.25, -0.2) is 4.98 Å². The average Bonchev–Trinajstić information content (AvgIpc) is 2.93. The molecule has 2 heterocycles. The van der Waals surface area contributed by atoms with Gasteiger partial charge >= 0.3 is 0 Å². The number of fused-ring (bicyclic) bond motifs is 1. The van der Waals surface area contributed by atoms with Gasteiger partial charge in [0.2, 0.25) is 6.04 Å². The molecule has 0 saturated carbocycles. The van der Waals surface area contributed by atoms with Crippen molar-refractivity contribution in [2.75, 3.05) is 7.11 Å². The van der Waals surface area contributed by atoms with E-state index in [4.69, 9.17) is 21.3 Å². The molecular weight excluding hydrogens is 468 g/mol. The van der Waals surface area contributed by atoms with Crippen LogP contribution in [0.1, 0.15) is 28.8 Å². The second-order valence-electron chi connectivity index (χ2n) is 8.54. The number of halogens is 1. The molecule has 0 saturated heterocycles. The zero-order valence-electron chi connectivity index (χ0n) is 19.8. The van der Waals surface area contributed by atoms with E-state index < -0.39 is 0 Å². The Kier molecular flexibility index (Phi) is 6.96. The average molecular weight is 493 g/mol. The SMILES string of the molecule is COc1cccc(C(/C=C(\[O-])c2ccc(Cl)cc2)C(c2ccc3ccccc3n2)[n+]2ccccc2)c1. The molecule has 178 valence electrons. The topological polar surface area (TPSA) is 49.1 Å². The number of ether oxygens (including phenoxy) is 1. The number of rotatable bonds is 7. The van der Waals surface area contributed by atoms with Gasteiger partial charge in [0.15, 0.2) is 12.4 Å². The summed E-state index contributed by atoms with van der Waals surface area (Å²) < 4.78 is 7.62. The number of hydrogen-bond donors (Lipinski definition) is 0. The molecule has 36 heavy (non-hydrogen) atoms. The van der Waals surface area contributed by atoms with Gasteiger partial charge < -0.3 is 9.84 Å². The number of allylic oxidation sites excluding steroid dienone is 1. The monoisotopic (exact) mass is 492 g/mol. The summed E-state index contributed by atoms with van der Waals surface area (Å²) in [5.74, 6) is 0.319. The first-order valence-electron chi connectivity index (χ1n) is 11.7. The van der Waals surface area contributed by atoms with Gasteiger partial charge in [0.05, 0.1) is 18.5 Å². The summed E-state index contributed by atoms with van der Waals surface area (Å²) in [5.41, 5.74) is 3.30. The van der Waals surface area contributed by atoms with Crippen molar-refractivity contribution in [3.05, 3.63) is 143 Å². The number of methoxy groups -OCH3 is 1. The maximum absolute atomic E-state index is 13.5. The summed E-state index contributed by atoms with van der Waals surface area (Å²) in [7, 11) is 1.64. The van der Waals surface area contributed by atoms with Gasteiger partial charge in [0, 0.05) is 22.5 Å². The Morgan fingerprint density at radius 2 is 1.67 bits per heavy atom. The molecule has 0 aliphatic rings. The van der Waals surface area contributed by atoms with E-state index in [2.05, 4.69) is 10.6 Å². The fourth-order valence-corrected chi connectivity index (χ4v) is 4.58. The minimum absolute atomic E-state index is 0.0817. The first kappa shape index (κ1) is 23.6. The van der Waals surface area contributed by atoms with E-state index in [0.29, 0.717) is 10.6 Å². The van der Waals surface area contributed by atoms with Gasteiger partial charge in [-0.3, -0.25) is 0 Å². The number of nitrogens with zero attached hydrogens (tertiary/aromatic N) is 2. The number of benzene rings is 3. The van der Waals surface area contributed by atoms with Crippen LogP contribution in [0.5, 0.6) is 5.75 Å². The van der Waals surface area contributed by atoms with Gasteiger partial charge in [-0.2, -0.15) is 4.57 Å². The Bertz CT molecular complexity index is 1500. The smallest absolute Gasteiger partial charge is 0.210 e. The number of para-hydroxylation sites is 1. The Morgan fingerprint density at radius 3 is 2.44 bits per heavy atom. The highest BCUT2D eigenvalue weighted by molar-refractivity contribution is 6.30. The van der Waals surface area contributed by atoms with Crippen LogP contribution < -0.4 is 14.4 Å². The molecule has 2 unspecified atom stereocenters. The predicted octanol–water partition coefficient (Wildman–Crippen LogP) is 5.96. The highest BCUT2D eigenvalue weighted by Crippen LogP contribution is 2.35. The minimum atomic E-state index is -0.329. The van der Waals surface area contributed by atoms with Gasteiger partial charge in [-0.1, -0.05) is 72.3 Å². The van der Waals surface area contributed by atoms with Crippen LogP contribution in [0.15, 0.2) is 122 Å². The fourth-order valence-electron chi connectivity index (χ4n) is 4.46. The van der Waals surface area contributed by atoms with E-state index in [1.165, 1.54) is 0 Å². The molecule has 0 N–H and O–H groups in total. The van der Waals surface area contributed by atoms with Gasteiger partial charge in [0.25, 0.3) is 0 Å². The maximum atomic E-state index is 13.5. The zero-order chi connectivity index (χ0) is 24.9. The van der Waals surface area contributed by atoms with E-state index in [1.54, 1.807) is 37.5 Å². The van der Waals surface area contributed by atoms with Crippen molar-refractivity contribution >= 4 is 28.3 Å². The molecule has 0 amide bonds. The lowest BCUT2D eigenvalue weighted by Crippen LogP contribution is -2.43. The lowest BCUT2D eigenvalue weighted by Gasteiger charge is -2.24. The number of hydrogen-bond acceptors (Lipinski definition) is 3. The predicted molar refractivity (Wildman–Crippen MR) is 142 cm³/mol. The first-order valence-corrected chi connectivity index (χ1v) is 12.1. The lowest BCUT2D eigenvalue weighted by molar-refractivity contribution is -0.716. The minimum Gasteiger partial charge on any atom is -0.872 e. The summed E-state index contributed by atoms with van der Waals surface area (Å²) in [4.78, 5) is 5.03. The molecule has 5 aromatic rings. The van der Waals surface area contributed by atoms with Crippen molar-refractivity contribution in [3.8, 4) is 5.75 Å². The van der Waals surface area contributed by atoms with Crippen molar-refractivity contribution in [1.29, 1.82) is 0 Å². The maximum Gasteiger partial charge on any atom is 0.210 e. The highest BCUT2D eigenvalue weighted by atomic mass is 35.5. The van der Waals surface area contributed by atoms with Crippen LogP contribution in [0.2, 0.25) is 5.02 Å². The molecule has 5 heteroatoms. The Hall–Kier alpha value is -4.15. The molecular formula is C31H25ClN2O2. The summed E-state index contributed by atoms with van der Waals surface area (Å²) >= 11 is 6.06. The molecule has 0 spiro atoms. The van der Waals surface area contributed by atoms with Gasteiger partial charge in [0.1, 0.15) is 11.4 Å².